The summed E-state index contributed by atoms with van der Waals surface area (Å²) in [5.74, 6) is 0. The first-order valence-corrected chi connectivity index (χ1v) is 31.1. The molecule has 430 valence electrons. The van der Waals surface area contributed by atoms with E-state index in [1.807, 2.05) is 36.7 Å². The van der Waals surface area contributed by atoms with Crippen LogP contribution in [0.25, 0.3) is 143 Å². The fraction of sp³-hybridized carbons (Fsp3) is 0. The highest BCUT2D eigenvalue weighted by Crippen LogP contribution is 2.43. The van der Waals surface area contributed by atoms with Gasteiger partial charge in [0.15, 0.2) is 11.2 Å². The number of aromatic nitrogens is 2. The highest BCUT2D eigenvalue weighted by atomic mass is 16.3. The first-order chi connectivity index (χ1) is 45.5. The van der Waals surface area contributed by atoms with Crippen LogP contribution in [-0.2, 0) is 0 Å². The van der Waals surface area contributed by atoms with Gasteiger partial charge in [-0.2, -0.15) is 0 Å². The number of nitrogens with zero attached hydrogens (tertiary/aromatic N) is 4. The van der Waals surface area contributed by atoms with E-state index in [0.29, 0.717) is 0 Å². The predicted octanol–water partition coefficient (Wildman–Crippen LogP) is 24.2. The van der Waals surface area contributed by atoms with Gasteiger partial charge in [-0.25, -0.2) is 4.98 Å². The second-order valence-corrected chi connectivity index (χ2v) is 23.8. The number of anilines is 6. The lowest BCUT2D eigenvalue weighted by Gasteiger charge is -2.26. The zero-order valence-corrected chi connectivity index (χ0v) is 49.8. The van der Waals surface area contributed by atoms with Crippen molar-refractivity contribution in [1.29, 1.82) is 0 Å². The molecule has 14 aromatic carbocycles. The molecule has 0 aliphatic carbocycles. The van der Waals surface area contributed by atoms with Crippen molar-refractivity contribution < 1.29 is 8.83 Å². The molecule has 0 aliphatic heterocycles. The van der Waals surface area contributed by atoms with Gasteiger partial charge in [0.25, 0.3) is 0 Å². The van der Waals surface area contributed by atoms with Crippen LogP contribution >= 0.6 is 0 Å². The molecule has 0 bridgehead atoms. The topological polar surface area (TPSA) is 58.5 Å². The standard InChI is InChI=1S/C86H54N4O2/c1-3-9-62-45-64(17-13-55(62)7-1)57-25-33-73(34-26-57)89(77-41-42-79-80-43-44-87-54-85(80)92-83(79)51-77)74-35-27-60(28-36-74)67-19-15-61-16-20-71(50-72(61)49-67)70-24-23-68-47-66(21-22-69(68)48-70)59-31-39-76(40-32-59)90(78-52-84-86(88-53-78)81-11-5-6-12-82(81)91-84)75-37-29-58(30-38-75)65-18-14-56-8-2-4-10-63(56)46-65/h1-54H. The first-order valence-electron chi connectivity index (χ1n) is 31.1. The van der Waals surface area contributed by atoms with Gasteiger partial charge in [0.05, 0.1) is 18.1 Å². The van der Waals surface area contributed by atoms with Crippen molar-refractivity contribution in [3.8, 4) is 55.6 Å². The van der Waals surface area contributed by atoms with Crippen LogP contribution in [-0.4, -0.2) is 9.97 Å². The summed E-state index contributed by atoms with van der Waals surface area (Å²) in [6.07, 6.45) is 5.56. The Morgan fingerprint density at radius 2 is 0.576 bits per heavy atom. The fourth-order valence-corrected chi connectivity index (χ4v) is 13.5. The maximum atomic E-state index is 6.38. The van der Waals surface area contributed by atoms with Gasteiger partial charge in [-0.3, -0.25) is 4.98 Å². The molecular weight excluding hydrogens is 1120 g/mol. The Morgan fingerprint density at radius 3 is 1.09 bits per heavy atom. The molecule has 0 unspecified atom stereocenters. The highest BCUT2D eigenvalue weighted by molar-refractivity contribution is 6.07. The molecular formula is C86H54N4O2. The Morgan fingerprint density at radius 1 is 0.217 bits per heavy atom. The average molecular weight is 1180 g/mol. The van der Waals surface area contributed by atoms with Gasteiger partial charge in [0, 0.05) is 62.9 Å². The molecule has 18 rings (SSSR count). The third-order valence-corrected chi connectivity index (χ3v) is 18.3. The molecule has 0 radical (unpaired) electrons. The van der Waals surface area contributed by atoms with Crippen LogP contribution in [0.3, 0.4) is 0 Å². The molecule has 0 atom stereocenters. The third kappa shape index (κ3) is 9.45. The summed E-state index contributed by atoms with van der Waals surface area (Å²) < 4.78 is 12.8. The van der Waals surface area contributed by atoms with E-state index < -0.39 is 0 Å². The van der Waals surface area contributed by atoms with Crippen LogP contribution in [0.5, 0.6) is 0 Å². The van der Waals surface area contributed by atoms with Gasteiger partial charge < -0.3 is 18.6 Å². The van der Waals surface area contributed by atoms with Gasteiger partial charge in [-0.1, -0.05) is 182 Å². The van der Waals surface area contributed by atoms with Crippen LogP contribution in [0, 0.1) is 0 Å². The molecule has 0 fully saturated rings. The van der Waals surface area contributed by atoms with E-state index in [-0.39, 0.29) is 0 Å². The Bertz CT molecular complexity index is 5890. The SMILES string of the molecule is c1ccc2cc(-c3ccc(N(c4ccc(-c5ccc6ccc(-c7ccc8cc(-c9ccc(N(c%10ccc(-c%11ccc%12ccccc%12c%11)cc%10)c%10cnc%11c(c%10)oc%10ccccc%10%11)cc9)ccc8c7)cc6c5)cc4)c4ccc5c(c4)oc4cnccc45)cc3)ccc2c1. The van der Waals surface area contributed by atoms with Gasteiger partial charge in [0.2, 0.25) is 0 Å². The molecule has 4 heterocycles. The van der Waals surface area contributed by atoms with Crippen LogP contribution in [0.1, 0.15) is 0 Å². The van der Waals surface area contributed by atoms with Gasteiger partial charge in [-0.05, 0) is 214 Å². The summed E-state index contributed by atoms with van der Waals surface area (Å²) in [5.41, 5.74) is 21.7. The second-order valence-electron chi connectivity index (χ2n) is 23.8. The molecule has 0 saturated heterocycles. The van der Waals surface area contributed by atoms with E-state index in [9.17, 15) is 0 Å². The summed E-state index contributed by atoms with van der Waals surface area (Å²) >= 11 is 0. The molecule has 0 N–H and O–H groups in total. The van der Waals surface area contributed by atoms with E-state index in [0.717, 1.165) is 112 Å². The summed E-state index contributed by atoms with van der Waals surface area (Å²) in [6, 6.07) is 112. The zero-order chi connectivity index (χ0) is 60.6. The van der Waals surface area contributed by atoms with Crippen molar-refractivity contribution in [2.24, 2.45) is 0 Å². The largest absolute Gasteiger partial charge is 0.454 e. The number of benzene rings is 14. The summed E-state index contributed by atoms with van der Waals surface area (Å²) in [6.45, 7) is 0. The number of pyridine rings is 2. The van der Waals surface area contributed by atoms with Gasteiger partial charge in [0.1, 0.15) is 16.7 Å². The average Bonchev–Trinajstić information content (AvgIpc) is 1.60. The van der Waals surface area contributed by atoms with Gasteiger partial charge in [-0.15, -0.1) is 0 Å². The van der Waals surface area contributed by atoms with Crippen LogP contribution in [0.4, 0.5) is 34.1 Å². The van der Waals surface area contributed by atoms with E-state index in [2.05, 4.69) is 300 Å². The molecule has 0 aliphatic rings. The minimum Gasteiger partial charge on any atom is -0.454 e. The van der Waals surface area contributed by atoms with Crippen LogP contribution in [0.15, 0.2) is 337 Å². The number of hydrogen-bond acceptors (Lipinski definition) is 6. The zero-order valence-electron chi connectivity index (χ0n) is 49.8. The molecule has 4 aromatic heterocycles. The lowest BCUT2D eigenvalue weighted by molar-refractivity contribution is 0.667. The third-order valence-electron chi connectivity index (χ3n) is 18.3. The number of hydrogen-bond donors (Lipinski definition) is 0. The molecule has 6 heteroatoms. The predicted molar refractivity (Wildman–Crippen MR) is 383 cm³/mol. The van der Waals surface area contributed by atoms with E-state index in [1.54, 1.807) is 6.20 Å². The maximum Gasteiger partial charge on any atom is 0.155 e. The Hall–Kier alpha value is -12.4. The van der Waals surface area contributed by atoms with E-state index in [1.165, 1.54) is 65.3 Å². The number of para-hydroxylation sites is 1. The lowest BCUT2D eigenvalue weighted by Crippen LogP contribution is -2.10. The molecule has 92 heavy (non-hydrogen) atoms. The summed E-state index contributed by atoms with van der Waals surface area (Å²) in [7, 11) is 0. The maximum absolute atomic E-state index is 6.38. The highest BCUT2D eigenvalue weighted by Gasteiger charge is 2.20. The van der Waals surface area contributed by atoms with E-state index in [4.69, 9.17) is 13.8 Å². The molecule has 0 spiro atoms. The van der Waals surface area contributed by atoms with Crippen LogP contribution in [0.2, 0.25) is 0 Å². The van der Waals surface area contributed by atoms with Crippen LogP contribution < -0.4 is 9.80 Å². The first kappa shape index (κ1) is 52.7. The van der Waals surface area contributed by atoms with Crippen molar-refractivity contribution in [3.63, 3.8) is 0 Å². The smallest absolute Gasteiger partial charge is 0.155 e. The monoisotopic (exact) mass is 1170 g/mol. The van der Waals surface area contributed by atoms with Gasteiger partial charge >= 0.3 is 0 Å². The number of furan rings is 2. The normalized spacial score (nSPS) is 11.7. The molecule has 0 amide bonds. The van der Waals surface area contributed by atoms with Crippen molar-refractivity contribution in [2.75, 3.05) is 9.80 Å². The Labute approximate surface area is 530 Å². The van der Waals surface area contributed by atoms with Crippen molar-refractivity contribution in [3.05, 3.63) is 328 Å². The minimum atomic E-state index is 0.749. The fourth-order valence-electron chi connectivity index (χ4n) is 13.5. The van der Waals surface area contributed by atoms with Crippen molar-refractivity contribution in [1.82, 2.24) is 9.97 Å². The Kier molecular flexibility index (Phi) is 12.5. The van der Waals surface area contributed by atoms with Crippen molar-refractivity contribution >= 4 is 121 Å². The molecule has 6 nitrogen and oxygen atoms in total. The summed E-state index contributed by atoms with van der Waals surface area (Å²) in [5, 5.41) is 12.8. The van der Waals surface area contributed by atoms with E-state index >= 15 is 0 Å². The minimum absolute atomic E-state index is 0.749. The second kappa shape index (κ2) is 21.7. The lowest BCUT2D eigenvalue weighted by atomic mass is 9.95. The van der Waals surface area contributed by atoms with Crippen molar-refractivity contribution in [2.45, 2.75) is 0 Å². The quantitative estimate of drug-likeness (QED) is 0.129. The Balaban J connectivity index is 0.621. The number of rotatable bonds is 11. The summed E-state index contributed by atoms with van der Waals surface area (Å²) in [4.78, 5) is 13.9. The molecule has 18 aromatic rings. The molecule has 0 saturated carbocycles. The number of fused-ring (bicyclic) bond motifs is 10.